The van der Waals surface area contributed by atoms with Crippen LogP contribution in [0.4, 0.5) is 35.5 Å². The van der Waals surface area contributed by atoms with Gasteiger partial charge >= 0.3 is 18.4 Å². The first-order valence-electron chi connectivity index (χ1n) is 15.3. The van der Waals surface area contributed by atoms with Crippen molar-refractivity contribution in [1.29, 1.82) is 0 Å². The van der Waals surface area contributed by atoms with Crippen molar-refractivity contribution in [2.75, 3.05) is 33.2 Å². The minimum Gasteiger partial charge on any atom is -0.444 e. The molecule has 0 N–H and O–H groups in total. The van der Waals surface area contributed by atoms with Crippen LogP contribution in [0.5, 0.6) is 0 Å². The van der Waals surface area contributed by atoms with Gasteiger partial charge in [-0.1, -0.05) is 12.1 Å². The molecule has 2 aliphatic heterocycles. The Hall–Kier alpha value is -3.84. The maximum absolute atomic E-state index is 13.8. The van der Waals surface area contributed by atoms with Crippen molar-refractivity contribution >= 4 is 17.9 Å². The van der Waals surface area contributed by atoms with Crippen LogP contribution < -0.4 is 0 Å². The Morgan fingerprint density at radius 2 is 1.36 bits per heavy atom. The summed E-state index contributed by atoms with van der Waals surface area (Å²) in [6, 6.07) is 6.64. The molecular formula is C33H38F7N3O4. The van der Waals surface area contributed by atoms with E-state index in [1.165, 1.54) is 31.3 Å². The van der Waals surface area contributed by atoms with E-state index in [1.54, 1.807) is 30.6 Å². The smallest absolute Gasteiger partial charge is 0.416 e. The second kappa shape index (κ2) is 13.7. The average molecular weight is 674 g/mol. The number of hydrogen-bond acceptors (Lipinski definition) is 4. The largest absolute Gasteiger partial charge is 0.444 e. The monoisotopic (exact) mass is 673 g/mol. The molecule has 3 amide bonds. The molecule has 2 atom stereocenters. The number of ether oxygens (including phenoxy) is 1. The molecule has 14 heteroatoms. The van der Waals surface area contributed by atoms with Crippen molar-refractivity contribution in [2.24, 2.45) is 11.8 Å². The second-order valence-corrected chi connectivity index (χ2v) is 13.2. The van der Waals surface area contributed by atoms with Crippen LogP contribution in [0.1, 0.15) is 68.2 Å². The molecular weight excluding hydrogens is 635 g/mol. The normalized spacial score (nSPS) is 19.8. The third-order valence-electron chi connectivity index (χ3n) is 8.48. The van der Waals surface area contributed by atoms with Crippen LogP contribution in [0.25, 0.3) is 0 Å². The van der Waals surface area contributed by atoms with Gasteiger partial charge in [0.05, 0.1) is 11.1 Å². The Kier molecular flexibility index (Phi) is 10.5. The number of carbonyl (C=O) groups is 3. The van der Waals surface area contributed by atoms with Crippen molar-refractivity contribution in [3.05, 3.63) is 70.5 Å². The van der Waals surface area contributed by atoms with Crippen molar-refractivity contribution in [1.82, 2.24) is 14.7 Å². The lowest BCUT2D eigenvalue weighted by Crippen LogP contribution is -2.51. The third kappa shape index (κ3) is 9.16. The van der Waals surface area contributed by atoms with E-state index in [1.807, 2.05) is 0 Å². The zero-order chi connectivity index (χ0) is 34.9. The maximum atomic E-state index is 13.8. The lowest BCUT2D eigenvalue weighted by molar-refractivity contribution is -0.144. The molecule has 2 aliphatic rings. The number of benzene rings is 2. The molecule has 2 aromatic carbocycles. The number of alkyl halides is 6. The van der Waals surface area contributed by atoms with Crippen LogP contribution >= 0.6 is 0 Å². The van der Waals surface area contributed by atoms with Gasteiger partial charge in [-0.2, -0.15) is 26.3 Å². The highest BCUT2D eigenvalue weighted by Crippen LogP contribution is 2.38. The molecule has 0 saturated carbocycles. The predicted octanol–water partition coefficient (Wildman–Crippen LogP) is 7.10. The highest BCUT2D eigenvalue weighted by Gasteiger charge is 2.41. The summed E-state index contributed by atoms with van der Waals surface area (Å²) in [5.41, 5.74) is -3.39. The van der Waals surface area contributed by atoms with E-state index < -0.39 is 65.3 Å². The summed E-state index contributed by atoms with van der Waals surface area (Å²) in [5.74, 6) is -2.96. The van der Waals surface area contributed by atoms with Gasteiger partial charge in [0.1, 0.15) is 11.4 Å². The third-order valence-corrected chi connectivity index (χ3v) is 8.48. The number of nitrogens with zero attached hydrogens (tertiary/aromatic N) is 3. The van der Waals surface area contributed by atoms with E-state index in [0.717, 1.165) is 4.90 Å². The molecule has 2 saturated heterocycles. The zero-order valence-electron chi connectivity index (χ0n) is 26.6. The molecule has 2 aromatic rings. The molecule has 258 valence electrons. The Labute approximate surface area is 268 Å². The van der Waals surface area contributed by atoms with Gasteiger partial charge < -0.3 is 19.4 Å². The van der Waals surface area contributed by atoms with E-state index >= 15 is 0 Å². The Morgan fingerprint density at radius 1 is 0.830 bits per heavy atom. The molecule has 0 aromatic heterocycles. The number of amides is 3. The fraction of sp³-hybridized carbons (Fsp3) is 0.545. The minimum atomic E-state index is -5.03. The van der Waals surface area contributed by atoms with E-state index in [2.05, 4.69) is 0 Å². The standard InChI is InChI=1S/C33H38F7N3O4/c1-31(2,3)47-30(46)42-12-9-22(10-13-42)28(44)43-14-11-26(27(19-43)21-5-7-25(34)8-6-21)29(45)41(4)18-20-15-23(32(35,36)37)17-24(16-20)33(38,39)40/h5-8,15-17,22,26-27H,9-14,18-19H2,1-4H3/t26-,27-/m0/s1. The first kappa shape index (κ1) is 36.0. The van der Waals surface area contributed by atoms with Crippen molar-refractivity contribution < 1.29 is 49.9 Å². The second-order valence-electron chi connectivity index (χ2n) is 13.2. The first-order chi connectivity index (χ1) is 21.7. The molecule has 2 fully saturated rings. The van der Waals surface area contributed by atoms with Crippen molar-refractivity contribution in [2.45, 2.75) is 70.4 Å². The number of hydrogen-bond donors (Lipinski definition) is 0. The topological polar surface area (TPSA) is 70.2 Å². The SMILES string of the molecule is CN(Cc1cc(C(F)(F)F)cc(C(F)(F)F)c1)C(=O)[C@H]1CCN(C(=O)C2CCN(C(=O)OC(C)(C)C)CC2)C[C@H]1c1ccc(F)cc1. The summed E-state index contributed by atoms with van der Waals surface area (Å²) in [6.45, 7) is 5.73. The van der Waals surface area contributed by atoms with Gasteiger partial charge in [0.2, 0.25) is 11.8 Å². The Bertz CT molecular complexity index is 1410. The average Bonchev–Trinajstić information content (AvgIpc) is 2.98. The van der Waals surface area contributed by atoms with Crippen LogP contribution in [-0.4, -0.2) is 71.4 Å². The molecule has 2 heterocycles. The van der Waals surface area contributed by atoms with Crippen molar-refractivity contribution in [3.8, 4) is 0 Å². The maximum Gasteiger partial charge on any atom is 0.416 e. The summed E-state index contributed by atoms with van der Waals surface area (Å²) in [7, 11) is 1.30. The number of carbonyl (C=O) groups excluding carboxylic acids is 3. The lowest BCUT2D eigenvalue weighted by atomic mass is 9.79. The Balaban J connectivity index is 1.50. The minimum absolute atomic E-state index is 0.0317. The van der Waals surface area contributed by atoms with Gasteiger partial charge in [0.25, 0.3) is 0 Å². The number of piperidine rings is 2. The number of likely N-dealkylation sites (tertiary alicyclic amines) is 2. The Morgan fingerprint density at radius 3 is 1.87 bits per heavy atom. The van der Waals surface area contributed by atoms with E-state index in [-0.39, 0.29) is 43.0 Å². The van der Waals surface area contributed by atoms with Crippen LogP contribution in [0.2, 0.25) is 0 Å². The summed E-state index contributed by atoms with van der Waals surface area (Å²) >= 11 is 0. The molecule has 0 radical (unpaired) electrons. The summed E-state index contributed by atoms with van der Waals surface area (Å²) in [6.07, 6.45) is -9.52. The molecule has 0 bridgehead atoms. The van der Waals surface area contributed by atoms with Crippen LogP contribution in [0.3, 0.4) is 0 Å². The molecule has 0 spiro atoms. The highest BCUT2D eigenvalue weighted by atomic mass is 19.4. The van der Waals surface area contributed by atoms with Gasteiger partial charge in [0.15, 0.2) is 0 Å². The van der Waals surface area contributed by atoms with Gasteiger partial charge in [-0.05, 0) is 81.5 Å². The van der Waals surface area contributed by atoms with E-state index in [4.69, 9.17) is 4.74 Å². The zero-order valence-corrected chi connectivity index (χ0v) is 26.6. The predicted molar refractivity (Wildman–Crippen MR) is 157 cm³/mol. The fourth-order valence-corrected chi connectivity index (χ4v) is 6.13. The molecule has 0 aliphatic carbocycles. The number of halogens is 7. The molecule has 4 rings (SSSR count). The van der Waals surface area contributed by atoms with E-state index in [0.29, 0.717) is 43.6 Å². The van der Waals surface area contributed by atoms with Gasteiger partial charge in [-0.25, -0.2) is 9.18 Å². The van der Waals surface area contributed by atoms with Crippen LogP contribution in [-0.2, 0) is 33.2 Å². The van der Waals surface area contributed by atoms with Crippen molar-refractivity contribution in [3.63, 3.8) is 0 Å². The van der Waals surface area contributed by atoms with E-state index in [9.17, 15) is 45.1 Å². The van der Waals surface area contributed by atoms with Gasteiger partial charge in [-0.15, -0.1) is 0 Å². The van der Waals surface area contributed by atoms with Crippen LogP contribution in [0.15, 0.2) is 42.5 Å². The number of rotatable bonds is 5. The van der Waals surface area contributed by atoms with Gasteiger partial charge in [-0.3, -0.25) is 9.59 Å². The summed E-state index contributed by atoms with van der Waals surface area (Å²) in [4.78, 5) is 44.1. The molecule has 0 unspecified atom stereocenters. The highest BCUT2D eigenvalue weighted by molar-refractivity contribution is 5.82. The molecule has 7 nitrogen and oxygen atoms in total. The fourth-order valence-electron chi connectivity index (χ4n) is 6.13. The van der Waals surface area contributed by atoms with Crippen LogP contribution in [0, 0.1) is 17.7 Å². The van der Waals surface area contributed by atoms with Gasteiger partial charge in [0, 0.05) is 57.5 Å². The molecule has 47 heavy (non-hydrogen) atoms. The lowest BCUT2D eigenvalue weighted by Gasteiger charge is -2.42. The quantitative estimate of drug-likeness (QED) is 0.318. The summed E-state index contributed by atoms with van der Waals surface area (Å²) < 4.78 is 99.7. The first-order valence-corrected chi connectivity index (χ1v) is 15.3. The summed E-state index contributed by atoms with van der Waals surface area (Å²) in [5, 5.41) is 0.